The van der Waals surface area contributed by atoms with Gasteiger partial charge in [0.1, 0.15) is 6.04 Å². The predicted octanol–water partition coefficient (Wildman–Crippen LogP) is 1.48. The first-order chi connectivity index (χ1) is 9.47. The Bertz CT molecular complexity index is 533. The van der Waals surface area contributed by atoms with Gasteiger partial charge in [-0.25, -0.2) is 5.01 Å². The summed E-state index contributed by atoms with van der Waals surface area (Å²) in [5.74, 6) is -0.399. The van der Waals surface area contributed by atoms with E-state index in [-0.39, 0.29) is 11.8 Å². The molecular formula is C15H19N3O2. The van der Waals surface area contributed by atoms with E-state index in [2.05, 4.69) is 12.0 Å². The zero-order chi connectivity index (χ0) is 14.9. The van der Waals surface area contributed by atoms with Crippen LogP contribution in [0.25, 0.3) is 5.70 Å². The minimum Gasteiger partial charge on any atom is -0.296 e. The minimum absolute atomic E-state index is 0.174. The van der Waals surface area contributed by atoms with Gasteiger partial charge in [0, 0.05) is 30.4 Å². The summed E-state index contributed by atoms with van der Waals surface area (Å²) < 4.78 is 0. The van der Waals surface area contributed by atoms with E-state index in [1.165, 1.54) is 4.90 Å². The van der Waals surface area contributed by atoms with Gasteiger partial charge >= 0.3 is 0 Å². The highest BCUT2D eigenvalue weighted by Gasteiger charge is 2.36. The third-order valence-electron chi connectivity index (χ3n) is 3.52. The number of benzene rings is 1. The lowest BCUT2D eigenvalue weighted by molar-refractivity contribution is -0.128. The molecule has 1 aromatic rings. The van der Waals surface area contributed by atoms with E-state index in [0.29, 0.717) is 17.8 Å². The molecule has 1 aliphatic heterocycles. The Balaban J connectivity index is 2.21. The molecule has 5 heteroatoms. The monoisotopic (exact) mass is 273 g/mol. The number of hydrogen-bond donors (Lipinski definition) is 1. The summed E-state index contributed by atoms with van der Waals surface area (Å²) >= 11 is 0. The summed E-state index contributed by atoms with van der Waals surface area (Å²) in [6.45, 7) is 8.26. The van der Waals surface area contributed by atoms with E-state index in [1.54, 1.807) is 25.0 Å². The van der Waals surface area contributed by atoms with Crippen molar-refractivity contribution in [3.05, 3.63) is 42.0 Å². The van der Waals surface area contributed by atoms with Crippen molar-refractivity contribution in [2.75, 3.05) is 13.6 Å². The second-order valence-corrected chi connectivity index (χ2v) is 4.83. The molecule has 0 saturated carbocycles. The lowest BCUT2D eigenvalue weighted by atomic mass is 10.1. The third kappa shape index (κ3) is 2.32. The molecule has 0 fully saturated rings. The number of hydrazine groups is 1. The van der Waals surface area contributed by atoms with Crippen LogP contribution in [0.5, 0.6) is 0 Å². The smallest absolute Gasteiger partial charge is 0.259 e. The standard InChI is InChI=1S/C15H19N3O2/c1-5-17(4)16-14(19)11(3)18-10(2)12-8-6-7-9-13(12)15(18)20/h6-9,11H,2,5H2,1,3-4H3,(H,16,19). The number of nitrogens with one attached hydrogen (secondary N) is 1. The quantitative estimate of drug-likeness (QED) is 0.846. The van der Waals surface area contributed by atoms with Crippen LogP contribution in [0.2, 0.25) is 0 Å². The summed E-state index contributed by atoms with van der Waals surface area (Å²) in [5.41, 5.74) is 4.70. The van der Waals surface area contributed by atoms with Gasteiger partial charge < -0.3 is 0 Å². The van der Waals surface area contributed by atoms with Crippen LogP contribution in [0.4, 0.5) is 0 Å². The number of rotatable bonds is 4. The molecule has 1 N–H and O–H groups in total. The van der Waals surface area contributed by atoms with Crippen LogP contribution < -0.4 is 5.43 Å². The molecular weight excluding hydrogens is 254 g/mol. The molecule has 20 heavy (non-hydrogen) atoms. The van der Waals surface area contributed by atoms with Crippen LogP contribution in [-0.2, 0) is 4.79 Å². The summed E-state index contributed by atoms with van der Waals surface area (Å²) in [6.07, 6.45) is 0. The van der Waals surface area contributed by atoms with Crippen molar-refractivity contribution >= 4 is 17.5 Å². The first-order valence-corrected chi connectivity index (χ1v) is 6.60. The maximum Gasteiger partial charge on any atom is 0.259 e. The van der Waals surface area contributed by atoms with Crippen molar-refractivity contribution < 1.29 is 9.59 Å². The minimum atomic E-state index is -0.601. The van der Waals surface area contributed by atoms with Gasteiger partial charge in [-0.05, 0) is 13.0 Å². The number of amides is 2. The molecule has 0 aromatic heterocycles. The predicted molar refractivity (Wildman–Crippen MR) is 77.6 cm³/mol. The Hall–Kier alpha value is -2.14. The van der Waals surface area contributed by atoms with Crippen LogP contribution in [-0.4, -0.2) is 41.4 Å². The highest BCUT2D eigenvalue weighted by molar-refractivity contribution is 6.10. The fourth-order valence-corrected chi connectivity index (χ4v) is 2.19. The fraction of sp³-hybridized carbons (Fsp3) is 0.333. The van der Waals surface area contributed by atoms with Crippen molar-refractivity contribution in [3.8, 4) is 0 Å². The van der Waals surface area contributed by atoms with Crippen molar-refractivity contribution in [3.63, 3.8) is 0 Å². The molecule has 1 atom stereocenters. The summed E-state index contributed by atoms with van der Waals surface area (Å²) in [6, 6.07) is 6.67. The van der Waals surface area contributed by atoms with Crippen LogP contribution in [0, 0.1) is 0 Å². The molecule has 2 amide bonds. The normalized spacial score (nSPS) is 15.5. The highest BCUT2D eigenvalue weighted by atomic mass is 16.2. The molecule has 106 valence electrons. The number of hydrogen-bond acceptors (Lipinski definition) is 3. The van der Waals surface area contributed by atoms with Crippen LogP contribution in [0.3, 0.4) is 0 Å². The largest absolute Gasteiger partial charge is 0.296 e. The maximum absolute atomic E-state index is 12.4. The Morgan fingerprint density at radius 2 is 2.00 bits per heavy atom. The van der Waals surface area contributed by atoms with Gasteiger partial charge in [0.05, 0.1) is 0 Å². The van der Waals surface area contributed by atoms with Crippen molar-refractivity contribution in [1.82, 2.24) is 15.3 Å². The van der Waals surface area contributed by atoms with E-state index >= 15 is 0 Å². The summed E-state index contributed by atoms with van der Waals surface area (Å²) in [7, 11) is 1.78. The number of fused-ring (bicyclic) bond motifs is 1. The SMILES string of the molecule is C=C1c2ccccc2C(=O)N1C(C)C(=O)NN(C)CC. The second kappa shape index (κ2) is 5.46. The molecule has 2 rings (SSSR count). The van der Waals surface area contributed by atoms with Gasteiger partial charge in [-0.3, -0.25) is 19.9 Å². The highest BCUT2D eigenvalue weighted by Crippen LogP contribution is 2.32. The molecule has 5 nitrogen and oxygen atoms in total. The summed E-state index contributed by atoms with van der Waals surface area (Å²) in [5, 5.41) is 1.68. The van der Waals surface area contributed by atoms with Crippen LogP contribution >= 0.6 is 0 Å². The molecule has 0 bridgehead atoms. The number of nitrogens with zero attached hydrogens (tertiary/aromatic N) is 2. The Morgan fingerprint density at radius 3 is 2.55 bits per heavy atom. The summed E-state index contributed by atoms with van der Waals surface area (Å²) in [4.78, 5) is 26.0. The van der Waals surface area contributed by atoms with Gasteiger partial charge in [-0.1, -0.05) is 31.7 Å². The Kier molecular flexibility index (Phi) is 3.90. The number of carbonyl (C=O) groups is 2. The molecule has 1 aliphatic rings. The van der Waals surface area contributed by atoms with E-state index < -0.39 is 6.04 Å². The first kappa shape index (κ1) is 14.3. The van der Waals surface area contributed by atoms with Gasteiger partial charge in [0.2, 0.25) is 0 Å². The molecule has 1 aromatic carbocycles. The first-order valence-electron chi connectivity index (χ1n) is 6.60. The zero-order valence-electron chi connectivity index (χ0n) is 12.0. The average Bonchev–Trinajstić information content (AvgIpc) is 2.70. The van der Waals surface area contributed by atoms with E-state index in [1.807, 2.05) is 25.1 Å². The topological polar surface area (TPSA) is 52.7 Å². The molecule has 0 spiro atoms. The second-order valence-electron chi connectivity index (χ2n) is 4.83. The fourth-order valence-electron chi connectivity index (χ4n) is 2.19. The molecule has 0 saturated heterocycles. The lowest BCUT2D eigenvalue weighted by Crippen LogP contribution is -2.49. The Morgan fingerprint density at radius 1 is 1.40 bits per heavy atom. The van der Waals surface area contributed by atoms with Gasteiger partial charge in [0.15, 0.2) is 0 Å². The van der Waals surface area contributed by atoms with Crippen LogP contribution in [0.1, 0.15) is 29.8 Å². The molecule has 1 unspecified atom stereocenters. The number of carbonyl (C=O) groups excluding carboxylic acids is 2. The average molecular weight is 273 g/mol. The van der Waals surface area contributed by atoms with Gasteiger partial charge in [-0.2, -0.15) is 0 Å². The van der Waals surface area contributed by atoms with E-state index in [4.69, 9.17) is 0 Å². The van der Waals surface area contributed by atoms with E-state index in [9.17, 15) is 9.59 Å². The molecule has 1 heterocycles. The van der Waals surface area contributed by atoms with Gasteiger partial charge in [0.25, 0.3) is 11.8 Å². The zero-order valence-corrected chi connectivity index (χ0v) is 12.0. The van der Waals surface area contributed by atoms with Crippen molar-refractivity contribution in [2.24, 2.45) is 0 Å². The Labute approximate surface area is 118 Å². The van der Waals surface area contributed by atoms with Crippen molar-refractivity contribution in [2.45, 2.75) is 19.9 Å². The molecule has 0 aliphatic carbocycles. The maximum atomic E-state index is 12.4. The van der Waals surface area contributed by atoms with E-state index in [0.717, 1.165) is 5.56 Å². The third-order valence-corrected chi connectivity index (χ3v) is 3.52. The van der Waals surface area contributed by atoms with Gasteiger partial charge in [-0.15, -0.1) is 0 Å². The lowest BCUT2D eigenvalue weighted by Gasteiger charge is -2.26. The van der Waals surface area contributed by atoms with Crippen LogP contribution in [0.15, 0.2) is 30.8 Å². The van der Waals surface area contributed by atoms with Crippen molar-refractivity contribution in [1.29, 1.82) is 0 Å². The molecule has 0 radical (unpaired) electrons.